The topological polar surface area (TPSA) is 58.1 Å². The highest BCUT2D eigenvalue weighted by Crippen LogP contribution is 2.18. The van der Waals surface area contributed by atoms with Crippen LogP contribution in [0.15, 0.2) is 4.99 Å². The average Bonchev–Trinajstić information content (AvgIpc) is 3.00. The molecule has 6 nitrogen and oxygen atoms in total. The molecule has 152 valence electrons. The lowest BCUT2D eigenvalue weighted by molar-refractivity contribution is 0.0205. The van der Waals surface area contributed by atoms with Crippen LogP contribution in [0.5, 0.6) is 0 Å². The van der Waals surface area contributed by atoms with E-state index in [9.17, 15) is 0 Å². The van der Waals surface area contributed by atoms with E-state index in [2.05, 4.69) is 43.2 Å². The summed E-state index contributed by atoms with van der Waals surface area (Å²) < 4.78 is 11.2. The van der Waals surface area contributed by atoms with E-state index in [1.54, 1.807) is 0 Å². The number of aliphatic imine (C=N–C) groups is 1. The molecule has 0 bridgehead atoms. The molecule has 6 heteroatoms. The molecule has 2 aliphatic heterocycles. The normalized spacial score (nSPS) is 25.8. The van der Waals surface area contributed by atoms with Crippen LogP contribution in [0.25, 0.3) is 0 Å². The number of hydrogen-bond donors (Lipinski definition) is 2. The predicted octanol–water partition coefficient (Wildman–Crippen LogP) is 2.10. The summed E-state index contributed by atoms with van der Waals surface area (Å²) in [5, 5.41) is 7.02. The van der Waals surface area contributed by atoms with E-state index in [0.29, 0.717) is 23.9 Å². The SMILES string of the molecule is CCNC(=NCCCOCC1CCOCC1)NC1CN(C(C)C)CC1C. The summed E-state index contributed by atoms with van der Waals surface area (Å²) in [6.45, 7) is 16.4. The zero-order chi connectivity index (χ0) is 18.8. The maximum Gasteiger partial charge on any atom is 0.191 e. The second-order valence-electron chi connectivity index (χ2n) is 8.02. The van der Waals surface area contributed by atoms with E-state index in [4.69, 9.17) is 14.5 Å². The van der Waals surface area contributed by atoms with Gasteiger partial charge in [0.25, 0.3) is 0 Å². The summed E-state index contributed by atoms with van der Waals surface area (Å²) in [5.41, 5.74) is 0. The molecular formula is C20H40N4O2. The van der Waals surface area contributed by atoms with Crippen molar-refractivity contribution in [2.75, 3.05) is 52.6 Å². The Morgan fingerprint density at radius 3 is 2.69 bits per heavy atom. The van der Waals surface area contributed by atoms with Gasteiger partial charge in [-0.2, -0.15) is 0 Å². The van der Waals surface area contributed by atoms with Crippen LogP contribution in [0.2, 0.25) is 0 Å². The van der Waals surface area contributed by atoms with Gasteiger partial charge in [-0.3, -0.25) is 9.89 Å². The van der Waals surface area contributed by atoms with Crippen molar-refractivity contribution in [3.05, 3.63) is 0 Å². The van der Waals surface area contributed by atoms with Crippen molar-refractivity contribution in [1.82, 2.24) is 15.5 Å². The second-order valence-corrected chi connectivity index (χ2v) is 8.02. The van der Waals surface area contributed by atoms with Crippen molar-refractivity contribution in [3.8, 4) is 0 Å². The Labute approximate surface area is 160 Å². The summed E-state index contributed by atoms with van der Waals surface area (Å²) >= 11 is 0. The van der Waals surface area contributed by atoms with Crippen LogP contribution in [-0.4, -0.2) is 75.5 Å². The van der Waals surface area contributed by atoms with Gasteiger partial charge in [0, 0.05) is 64.7 Å². The summed E-state index contributed by atoms with van der Waals surface area (Å²) in [4.78, 5) is 7.28. The Morgan fingerprint density at radius 1 is 1.27 bits per heavy atom. The second kappa shape index (κ2) is 11.8. The molecule has 0 spiro atoms. The van der Waals surface area contributed by atoms with Crippen LogP contribution in [0, 0.1) is 11.8 Å². The number of ether oxygens (including phenoxy) is 2. The molecule has 0 aromatic heterocycles. The Morgan fingerprint density at radius 2 is 2.04 bits per heavy atom. The third-order valence-electron chi connectivity index (χ3n) is 5.45. The van der Waals surface area contributed by atoms with Crippen molar-refractivity contribution in [2.45, 2.75) is 59.0 Å². The number of nitrogens with one attached hydrogen (secondary N) is 2. The molecule has 2 saturated heterocycles. The third kappa shape index (κ3) is 7.41. The van der Waals surface area contributed by atoms with Gasteiger partial charge in [-0.15, -0.1) is 0 Å². The maximum atomic E-state index is 5.83. The summed E-state index contributed by atoms with van der Waals surface area (Å²) in [7, 11) is 0. The fraction of sp³-hybridized carbons (Fsp3) is 0.950. The van der Waals surface area contributed by atoms with Gasteiger partial charge in [-0.25, -0.2) is 0 Å². The molecule has 0 radical (unpaired) electrons. The summed E-state index contributed by atoms with van der Waals surface area (Å²) in [6.07, 6.45) is 3.25. The minimum absolute atomic E-state index is 0.472. The van der Waals surface area contributed by atoms with Gasteiger partial charge in [0.2, 0.25) is 0 Å². The standard InChI is InChI=1S/C20H40N4O2/c1-5-21-20(23-19-14-24(16(2)3)13-17(19)4)22-9-6-10-26-15-18-7-11-25-12-8-18/h16-19H,5-15H2,1-4H3,(H2,21,22,23). The highest BCUT2D eigenvalue weighted by Gasteiger charge is 2.31. The molecule has 0 aliphatic carbocycles. The maximum absolute atomic E-state index is 5.83. The van der Waals surface area contributed by atoms with E-state index in [1.807, 2.05) is 0 Å². The van der Waals surface area contributed by atoms with Gasteiger partial charge in [0.05, 0.1) is 0 Å². The van der Waals surface area contributed by atoms with Gasteiger partial charge in [-0.1, -0.05) is 6.92 Å². The van der Waals surface area contributed by atoms with E-state index in [-0.39, 0.29) is 0 Å². The average molecular weight is 369 g/mol. The fourth-order valence-corrected chi connectivity index (χ4v) is 3.63. The number of guanidine groups is 1. The molecule has 0 saturated carbocycles. The highest BCUT2D eigenvalue weighted by atomic mass is 16.5. The van der Waals surface area contributed by atoms with Crippen LogP contribution < -0.4 is 10.6 Å². The summed E-state index contributed by atoms with van der Waals surface area (Å²) in [5.74, 6) is 2.27. The molecule has 2 fully saturated rings. The van der Waals surface area contributed by atoms with Crippen LogP contribution in [-0.2, 0) is 9.47 Å². The molecule has 2 unspecified atom stereocenters. The molecule has 2 heterocycles. The molecule has 26 heavy (non-hydrogen) atoms. The van der Waals surface area contributed by atoms with Gasteiger partial charge in [0.1, 0.15) is 0 Å². The van der Waals surface area contributed by atoms with Crippen molar-refractivity contribution in [2.24, 2.45) is 16.8 Å². The van der Waals surface area contributed by atoms with Crippen molar-refractivity contribution >= 4 is 5.96 Å². The first-order valence-corrected chi connectivity index (χ1v) is 10.5. The lowest BCUT2D eigenvalue weighted by Gasteiger charge is -2.22. The van der Waals surface area contributed by atoms with Gasteiger partial charge < -0.3 is 20.1 Å². The van der Waals surface area contributed by atoms with Gasteiger partial charge in [0.15, 0.2) is 5.96 Å². The van der Waals surface area contributed by atoms with Crippen molar-refractivity contribution < 1.29 is 9.47 Å². The minimum atomic E-state index is 0.472. The first-order valence-electron chi connectivity index (χ1n) is 10.5. The molecule has 0 amide bonds. The Kier molecular flexibility index (Phi) is 9.72. The zero-order valence-electron chi connectivity index (χ0n) is 17.3. The fourth-order valence-electron chi connectivity index (χ4n) is 3.63. The van der Waals surface area contributed by atoms with E-state index < -0.39 is 0 Å². The van der Waals surface area contributed by atoms with Crippen LogP contribution in [0.3, 0.4) is 0 Å². The monoisotopic (exact) mass is 368 g/mol. The first-order chi connectivity index (χ1) is 12.6. The largest absolute Gasteiger partial charge is 0.381 e. The smallest absolute Gasteiger partial charge is 0.191 e. The minimum Gasteiger partial charge on any atom is -0.381 e. The lowest BCUT2D eigenvalue weighted by Crippen LogP contribution is -2.46. The molecular weight excluding hydrogens is 328 g/mol. The van der Waals surface area contributed by atoms with Crippen LogP contribution >= 0.6 is 0 Å². The highest BCUT2D eigenvalue weighted by molar-refractivity contribution is 5.80. The quantitative estimate of drug-likeness (QED) is 0.371. The van der Waals surface area contributed by atoms with E-state index in [1.165, 1.54) is 0 Å². The number of nitrogens with zero attached hydrogens (tertiary/aromatic N) is 2. The Bertz CT molecular complexity index is 411. The van der Waals surface area contributed by atoms with Gasteiger partial charge >= 0.3 is 0 Å². The van der Waals surface area contributed by atoms with Gasteiger partial charge in [-0.05, 0) is 51.9 Å². The number of rotatable bonds is 9. The lowest BCUT2D eigenvalue weighted by atomic mass is 10.0. The molecule has 0 aromatic rings. The molecule has 0 aromatic carbocycles. The first kappa shape index (κ1) is 21.5. The van der Waals surface area contributed by atoms with Crippen LogP contribution in [0.4, 0.5) is 0 Å². The number of likely N-dealkylation sites (tertiary alicyclic amines) is 1. The van der Waals surface area contributed by atoms with E-state index >= 15 is 0 Å². The molecule has 2 rings (SSSR count). The van der Waals surface area contributed by atoms with Crippen molar-refractivity contribution in [3.63, 3.8) is 0 Å². The van der Waals surface area contributed by atoms with Crippen molar-refractivity contribution in [1.29, 1.82) is 0 Å². The van der Waals surface area contributed by atoms with Crippen LogP contribution in [0.1, 0.15) is 47.0 Å². The molecule has 2 N–H and O–H groups in total. The van der Waals surface area contributed by atoms with E-state index in [0.717, 1.165) is 77.8 Å². The number of hydrogen-bond acceptors (Lipinski definition) is 4. The summed E-state index contributed by atoms with van der Waals surface area (Å²) in [6, 6.07) is 1.08. The third-order valence-corrected chi connectivity index (χ3v) is 5.45. The Balaban J connectivity index is 1.65. The predicted molar refractivity (Wildman–Crippen MR) is 108 cm³/mol. The zero-order valence-corrected chi connectivity index (χ0v) is 17.3. The molecule has 2 atom stereocenters. The molecule has 2 aliphatic rings. The Hall–Kier alpha value is -0.850.